The second kappa shape index (κ2) is 4.62. The van der Waals surface area contributed by atoms with E-state index in [9.17, 15) is 5.11 Å². The molecule has 0 aliphatic carbocycles. The highest BCUT2D eigenvalue weighted by Gasteiger charge is 2.06. The van der Waals surface area contributed by atoms with Gasteiger partial charge in [-0.15, -0.1) is 10.2 Å². The number of nitrogens with zero attached hydrogens (tertiary/aromatic N) is 3. The summed E-state index contributed by atoms with van der Waals surface area (Å²) in [5.74, 6) is 0.222. The number of phenols is 1. The number of hydrogen-bond acceptors (Lipinski definition) is 5. The van der Waals surface area contributed by atoms with E-state index in [-0.39, 0.29) is 5.75 Å². The Morgan fingerprint density at radius 3 is 2.39 bits per heavy atom. The molecule has 0 amide bonds. The molecule has 1 aromatic heterocycles. The summed E-state index contributed by atoms with van der Waals surface area (Å²) >= 11 is 1.29. The molecular weight excluding hydrogens is 246 g/mol. The highest BCUT2D eigenvalue weighted by molar-refractivity contribution is 7.99. The van der Waals surface area contributed by atoms with Crippen LogP contribution in [0.5, 0.6) is 5.75 Å². The number of aromatic hydroxyl groups is 1. The van der Waals surface area contributed by atoms with Crippen molar-refractivity contribution < 1.29 is 5.11 Å². The van der Waals surface area contributed by atoms with Crippen molar-refractivity contribution in [1.82, 2.24) is 15.2 Å². The van der Waals surface area contributed by atoms with Gasteiger partial charge in [-0.3, -0.25) is 0 Å². The normalized spacial score (nSPS) is 10.7. The van der Waals surface area contributed by atoms with Crippen molar-refractivity contribution in [2.75, 3.05) is 0 Å². The van der Waals surface area contributed by atoms with Gasteiger partial charge in [0, 0.05) is 0 Å². The van der Waals surface area contributed by atoms with Crippen LogP contribution in [0.4, 0.5) is 0 Å². The molecule has 3 rings (SSSR count). The van der Waals surface area contributed by atoms with Crippen molar-refractivity contribution in [3.8, 4) is 5.75 Å². The van der Waals surface area contributed by atoms with Crippen LogP contribution in [-0.4, -0.2) is 20.3 Å². The fraction of sp³-hybridized carbons (Fsp3) is 0. The van der Waals surface area contributed by atoms with Crippen molar-refractivity contribution >= 4 is 22.8 Å². The predicted octanol–water partition coefficient (Wildman–Crippen LogP) is 2.88. The summed E-state index contributed by atoms with van der Waals surface area (Å²) in [4.78, 5) is 5.11. The Hall–Kier alpha value is -2.14. The molecule has 18 heavy (non-hydrogen) atoms. The number of rotatable bonds is 2. The van der Waals surface area contributed by atoms with Gasteiger partial charge in [0.1, 0.15) is 11.3 Å². The van der Waals surface area contributed by atoms with Crippen LogP contribution in [0.2, 0.25) is 0 Å². The van der Waals surface area contributed by atoms with E-state index >= 15 is 0 Å². The van der Waals surface area contributed by atoms with Crippen molar-refractivity contribution in [3.05, 3.63) is 48.5 Å². The highest BCUT2D eigenvalue weighted by Crippen LogP contribution is 2.31. The van der Waals surface area contributed by atoms with E-state index in [4.69, 9.17) is 0 Å². The Labute approximate surface area is 108 Å². The predicted molar refractivity (Wildman–Crippen MR) is 69.6 cm³/mol. The number of fused-ring (bicyclic) bond motifs is 1. The molecule has 0 aliphatic rings. The molecule has 0 aliphatic heterocycles. The third kappa shape index (κ3) is 2.12. The van der Waals surface area contributed by atoms with Gasteiger partial charge in [0.2, 0.25) is 5.16 Å². The maximum Gasteiger partial charge on any atom is 0.214 e. The third-order valence-electron chi connectivity index (χ3n) is 2.41. The summed E-state index contributed by atoms with van der Waals surface area (Å²) in [6, 6.07) is 14.6. The molecule has 2 aromatic carbocycles. The lowest BCUT2D eigenvalue weighted by molar-refractivity contribution is 0.462. The summed E-state index contributed by atoms with van der Waals surface area (Å²) in [6.45, 7) is 0. The molecule has 0 saturated carbocycles. The Kier molecular flexibility index (Phi) is 2.82. The SMILES string of the molecule is Oc1ccccc1Sc1nnc2ccccc2n1. The average Bonchev–Trinajstić information content (AvgIpc) is 2.41. The van der Waals surface area contributed by atoms with Crippen molar-refractivity contribution in [1.29, 1.82) is 0 Å². The average molecular weight is 255 g/mol. The van der Waals surface area contributed by atoms with Gasteiger partial charge < -0.3 is 5.11 Å². The lowest BCUT2D eigenvalue weighted by Gasteiger charge is -2.02. The zero-order valence-electron chi connectivity index (χ0n) is 9.32. The van der Waals surface area contributed by atoms with Gasteiger partial charge in [0.05, 0.1) is 10.4 Å². The summed E-state index contributed by atoms with van der Waals surface area (Å²) in [5, 5.41) is 18.3. The van der Waals surface area contributed by atoms with Gasteiger partial charge in [-0.2, -0.15) is 0 Å². The first kappa shape index (κ1) is 11.0. The number of para-hydroxylation sites is 2. The summed E-state index contributed by atoms with van der Waals surface area (Å²) in [5.41, 5.74) is 1.56. The van der Waals surface area contributed by atoms with Crippen LogP contribution in [0.1, 0.15) is 0 Å². The largest absolute Gasteiger partial charge is 0.507 e. The maximum atomic E-state index is 9.69. The minimum atomic E-state index is 0.222. The fourth-order valence-corrected chi connectivity index (χ4v) is 2.29. The molecule has 88 valence electrons. The molecule has 1 heterocycles. The molecule has 1 N–H and O–H groups in total. The van der Waals surface area contributed by atoms with Crippen LogP contribution in [0.15, 0.2) is 58.6 Å². The first-order valence-electron chi connectivity index (χ1n) is 5.38. The molecule has 0 bridgehead atoms. The number of aromatic nitrogens is 3. The van der Waals surface area contributed by atoms with Crippen LogP contribution >= 0.6 is 11.8 Å². The first-order chi connectivity index (χ1) is 8.83. The van der Waals surface area contributed by atoms with Crippen molar-refractivity contribution in [3.63, 3.8) is 0 Å². The van der Waals surface area contributed by atoms with Crippen LogP contribution in [0.25, 0.3) is 11.0 Å². The smallest absolute Gasteiger partial charge is 0.214 e. The van der Waals surface area contributed by atoms with Gasteiger partial charge in [-0.05, 0) is 36.0 Å². The van der Waals surface area contributed by atoms with E-state index in [0.717, 1.165) is 15.9 Å². The second-order valence-corrected chi connectivity index (χ2v) is 4.66. The fourth-order valence-electron chi connectivity index (χ4n) is 1.55. The van der Waals surface area contributed by atoms with Gasteiger partial charge >= 0.3 is 0 Å². The maximum absolute atomic E-state index is 9.69. The summed E-state index contributed by atoms with van der Waals surface area (Å²) in [7, 11) is 0. The van der Waals surface area contributed by atoms with Crippen LogP contribution in [0, 0.1) is 0 Å². The van der Waals surface area contributed by atoms with Gasteiger partial charge in [-0.25, -0.2) is 4.98 Å². The van der Waals surface area contributed by atoms with Crippen LogP contribution in [-0.2, 0) is 0 Å². The van der Waals surface area contributed by atoms with E-state index in [0.29, 0.717) is 5.16 Å². The molecule has 0 fully saturated rings. The lowest BCUT2D eigenvalue weighted by atomic mass is 10.3. The lowest BCUT2D eigenvalue weighted by Crippen LogP contribution is -1.91. The zero-order valence-corrected chi connectivity index (χ0v) is 10.1. The highest BCUT2D eigenvalue weighted by atomic mass is 32.2. The Balaban J connectivity index is 1.98. The topological polar surface area (TPSA) is 58.9 Å². The quantitative estimate of drug-likeness (QED) is 0.763. The number of phenolic OH excluding ortho intramolecular Hbond substituents is 1. The standard InChI is InChI=1S/C13H9N3OS/c17-11-7-3-4-8-12(11)18-13-14-9-5-1-2-6-10(9)15-16-13/h1-8,17H. The third-order valence-corrected chi connectivity index (χ3v) is 3.33. The molecule has 0 saturated heterocycles. The van der Waals surface area contributed by atoms with E-state index < -0.39 is 0 Å². The molecule has 4 nitrogen and oxygen atoms in total. The Bertz CT molecular complexity index is 702. The molecule has 5 heteroatoms. The second-order valence-electron chi connectivity index (χ2n) is 3.65. The monoisotopic (exact) mass is 255 g/mol. The molecule has 0 spiro atoms. The summed E-state index contributed by atoms with van der Waals surface area (Å²) < 4.78 is 0. The van der Waals surface area contributed by atoms with Gasteiger partial charge in [0.25, 0.3) is 0 Å². The summed E-state index contributed by atoms with van der Waals surface area (Å²) in [6.07, 6.45) is 0. The first-order valence-corrected chi connectivity index (χ1v) is 6.20. The van der Waals surface area contributed by atoms with E-state index in [2.05, 4.69) is 15.2 Å². The Morgan fingerprint density at radius 1 is 0.833 bits per heavy atom. The number of hydrogen-bond donors (Lipinski definition) is 1. The molecule has 0 radical (unpaired) electrons. The van der Waals surface area contributed by atoms with Gasteiger partial charge in [0.15, 0.2) is 0 Å². The molecule has 0 unspecified atom stereocenters. The van der Waals surface area contributed by atoms with Crippen LogP contribution < -0.4 is 0 Å². The minimum Gasteiger partial charge on any atom is -0.507 e. The Morgan fingerprint density at radius 2 is 1.56 bits per heavy atom. The minimum absolute atomic E-state index is 0.222. The van der Waals surface area contributed by atoms with Crippen molar-refractivity contribution in [2.24, 2.45) is 0 Å². The molecule has 0 atom stereocenters. The van der Waals surface area contributed by atoms with Crippen molar-refractivity contribution in [2.45, 2.75) is 10.1 Å². The van der Waals surface area contributed by atoms with Crippen LogP contribution in [0.3, 0.4) is 0 Å². The van der Waals surface area contributed by atoms with E-state index in [1.165, 1.54) is 11.8 Å². The van der Waals surface area contributed by atoms with Gasteiger partial charge in [-0.1, -0.05) is 24.3 Å². The zero-order chi connectivity index (χ0) is 12.4. The molecule has 3 aromatic rings. The van der Waals surface area contributed by atoms with E-state index in [1.54, 1.807) is 12.1 Å². The molecular formula is C13H9N3OS. The number of benzene rings is 2. The van der Waals surface area contributed by atoms with E-state index in [1.807, 2.05) is 36.4 Å².